The molecule has 8 heteroatoms. The van der Waals surface area contributed by atoms with Crippen LogP contribution >= 0.6 is 0 Å². The van der Waals surface area contributed by atoms with Gasteiger partial charge >= 0.3 is 6.18 Å². The predicted octanol–water partition coefficient (Wildman–Crippen LogP) is 3.92. The summed E-state index contributed by atoms with van der Waals surface area (Å²) in [5, 5.41) is 10.7. The van der Waals surface area contributed by atoms with Crippen LogP contribution in [0, 0.1) is 11.8 Å². The molecule has 5 nitrogen and oxygen atoms in total. The highest BCUT2D eigenvalue weighted by Crippen LogP contribution is 2.44. The standard InChI is InChI=1S/C19H22F3NO4/c1-26-6-7-27-10-15-13(4-5-16(23-15)19(20,21)22)18(25)14-9-11-2-3-12(8-11)17(14)24/h4-5,11-12,25H,2-3,6-10H2,1H3. The number of halogens is 3. The third-order valence-electron chi connectivity index (χ3n) is 5.18. The topological polar surface area (TPSA) is 68.7 Å². The fourth-order valence-electron chi connectivity index (χ4n) is 3.81. The Morgan fingerprint density at radius 1 is 1.30 bits per heavy atom. The van der Waals surface area contributed by atoms with Crippen LogP contribution in [-0.2, 0) is 27.1 Å². The zero-order valence-corrected chi connectivity index (χ0v) is 15.0. The molecular formula is C19H22F3NO4. The highest BCUT2D eigenvalue weighted by Gasteiger charge is 2.40. The number of carbonyl (C=O) groups excluding carboxylic acids is 1. The second-order valence-corrected chi connectivity index (χ2v) is 7.01. The smallest absolute Gasteiger partial charge is 0.433 e. The molecule has 2 unspecified atom stereocenters. The van der Waals surface area contributed by atoms with Gasteiger partial charge in [0.1, 0.15) is 11.5 Å². The number of nitrogens with zero attached hydrogens (tertiary/aromatic N) is 1. The van der Waals surface area contributed by atoms with Crippen LogP contribution in [0.15, 0.2) is 17.7 Å². The highest BCUT2D eigenvalue weighted by atomic mass is 19.4. The third-order valence-corrected chi connectivity index (χ3v) is 5.18. The monoisotopic (exact) mass is 385 g/mol. The molecule has 148 valence electrons. The van der Waals surface area contributed by atoms with E-state index in [9.17, 15) is 23.1 Å². The maximum atomic E-state index is 13.0. The Labute approximate surface area is 155 Å². The van der Waals surface area contributed by atoms with Gasteiger partial charge in [0.25, 0.3) is 0 Å². The van der Waals surface area contributed by atoms with Gasteiger partial charge in [0, 0.05) is 24.2 Å². The van der Waals surface area contributed by atoms with Gasteiger partial charge in [0.2, 0.25) is 0 Å². The quantitative estimate of drug-likeness (QED) is 0.457. The van der Waals surface area contributed by atoms with Gasteiger partial charge in [-0.25, -0.2) is 4.98 Å². The Hall–Kier alpha value is -1.93. The fourth-order valence-corrected chi connectivity index (χ4v) is 3.81. The van der Waals surface area contributed by atoms with E-state index in [1.54, 1.807) is 0 Å². The molecule has 1 aromatic heterocycles. The van der Waals surface area contributed by atoms with Gasteiger partial charge in [0.15, 0.2) is 5.78 Å². The summed E-state index contributed by atoms with van der Waals surface area (Å²) in [6.07, 6.45) is -1.59. The molecule has 1 heterocycles. The largest absolute Gasteiger partial charge is 0.507 e. The minimum absolute atomic E-state index is 0.0448. The van der Waals surface area contributed by atoms with E-state index in [-0.39, 0.29) is 48.5 Å². The number of alkyl halides is 3. The van der Waals surface area contributed by atoms with Crippen molar-refractivity contribution in [2.75, 3.05) is 20.3 Å². The predicted molar refractivity (Wildman–Crippen MR) is 90.8 cm³/mol. The third kappa shape index (κ3) is 4.32. The van der Waals surface area contributed by atoms with E-state index in [4.69, 9.17) is 9.47 Å². The van der Waals surface area contributed by atoms with Crippen molar-refractivity contribution in [3.05, 3.63) is 34.7 Å². The minimum atomic E-state index is -4.61. The molecule has 2 aliphatic rings. The van der Waals surface area contributed by atoms with E-state index in [0.29, 0.717) is 17.9 Å². The van der Waals surface area contributed by atoms with E-state index >= 15 is 0 Å². The summed E-state index contributed by atoms with van der Waals surface area (Å²) in [6.45, 7) is 0.235. The SMILES string of the molecule is COCCOCc1nc(C(F)(F)F)ccc1C(O)=C1CC2CCC(C2)C1=O. The number of allylic oxidation sites excluding steroid dienone is 1. The minimum Gasteiger partial charge on any atom is -0.507 e. The lowest BCUT2D eigenvalue weighted by molar-refractivity contribution is -0.141. The van der Waals surface area contributed by atoms with Crippen LogP contribution < -0.4 is 0 Å². The Balaban J connectivity index is 1.95. The molecule has 27 heavy (non-hydrogen) atoms. The molecule has 1 aromatic rings. The zero-order chi connectivity index (χ0) is 19.6. The van der Waals surface area contributed by atoms with Crippen molar-refractivity contribution >= 4 is 11.5 Å². The number of aliphatic hydroxyl groups excluding tert-OH is 1. The van der Waals surface area contributed by atoms with Gasteiger partial charge in [-0.05, 0) is 43.7 Å². The van der Waals surface area contributed by atoms with Gasteiger partial charge in [-0.1, -0.05) is 0 Å². The first-order valence-corrected chi connectivity index (χ1v) is 8.91. The Bertz CT molecular complexity index is 745. The molecule has 0 amide bonds. The molecule has 3 rings (SSSR count). The summed E-state index contributed by atoms with van der Waals surface area (Å²) in [5.74, 6) is -0.131. The normalized spacial score (nSPS) is 24.4. The van der Waals surface area contributed by atoms with E-state index in [1.165, 1.54) is 7.11 Å². The van der Waals surface area contributed by atoms with Crippen LogP contribution in [0.5, 0.6) is 0 Å². The molecule has 0 aliphatic heterocycles. The molecule has 2 fully saturated rings. The summed E-state index contributed by atoms with van der Waals surface area (Å²) >= 11 is 0. The molecule has 2 atom stereocenters. The van der Waals surface area contributed by atoms with Crippen molar-refractivity contribution in [1.82, 2.24) is 4.98 Å². The first-order valence-electron chi connectivity index (χ1n) is 8.91. The molecular weight excluding hydrogens is 363 g/mol. The summed E-state index contributed by atoms with van der Waals surface area (Å²) in [6, 6.07) is 1.98. The molecule has 2 saturated carbocycles. The number of aromatic nitrogens is 1. The molecule has 1 N–H and O–H groups in total. The van der Waals surface area contributed by atoms with Crippen LogP contribution in [0.2, 0.25) is 0 Å². The summed E-state index contributed by atoms with van der Waals surface area (Å²) in [7, 11) is 1.48. The average Bonchev–Trinajstić information content (AvgIpc) is 3.04. The zero-order valence-electron chi connectivity index (χ0n) is 15.0. The molecule has 2 aliphatic carbocycles. The van der Waals surface area contributed by atoms with Crippen molar-refractivity contribution < 1.29 is 32.5 Å². The molecule has 0 radical (unpaired) electrons. The number of carbonyl (C=O) groups is 1. The molecule has 0 saturated heterocycles. The van der Waals surface area contributed by atoms with Gasteiger partial charge in [-0.2, -0.15) is 13.2 Å². The van der Waals surface area contributed by atoms with Gasteiger partial charge in [-0.15, -0.1) is 0 Å². The van der Waals surface area contributed by atoms with Crippen molar-refractivity contribution in [3.63, 3.8) is 0 Å². The second-order valence-electron chi connectivity index (χ2n) is 7.01. The van der Waals surface area contributed by atoms with E-state index in [1.807, 2.05) is 0 Å². The van der Waals surface area contributed by atoms with E-state index in [2.05, 4.69) is 4.98 Å². The lowest BCUT2D eigenvalue weighted by atomic mass is 9.82. The molecule has 0 aromatic carbocycles. The van der Waals surface area contributed by atoms with Gasteiger partial charge in [0.05, 0.1) is 25.5 Å². The first kappa shape index (κ1) is 19.8. The number of ether oxygens (including phenoxy) is 2. The summed E-state index contributed by atoms with van der Waals surface area (Å²) in [4.78, 5) is 16.2. The average molecular weight is 385 g/mol. The van der Waals surface area contributed by atoms with Crippen molar-refractivity contribution in [2.24, 2.45) is 11.8 Å². The van der Waals surface area contributed by atoms with Gasteiger partial charge < -0.3 is 14.6 Å². The lowest BCUT2D eigenvalue weighted by Gasteiger charge is -2.22. The molecule has 2 bridgehead atoms. The Morgan fingerprint density at radius 3 is 2.78 bits per heavy atom. The maximum absolute atomic E-state index is 13.0. The fraction of sp³-hybridized carbons (Fsp3) is 0.579. The van der Waals surface area contributed by atoms with E-state index in [0.717, 1.165) is 31.4 Å². The van der Waals surface area contributed by atoms with Crippen LogP contribution in [-0.4, -0.2) is 36.2 Å². The number of fused-ring (bicyclic) bond motifs is 2. The number of aliphatic hydroxyl groups is 1. The van der Waals surface area contributed by atoms with Crippen LogP contribution in [0.1, 0.15) is 42.6 Å². The van der Waals surface area contributed by atoms with E-state index < -0.39 is 11.9 Å². The number of Topliss-reactive ketones (excluding diaryl/α,β-unsaturated/α-hetero) is 1. The summed E-state index contributed by atoms with van der Waals surface area (Å²) < 4.78 is 49.2. The van der Waals surface area contributed by atoms with Crippen molar-refractivity contribution in [3.8, 4) is 0 Å². The van der Waals surface area contributed by atoms with Crippen molar-refractivity contribution in [2.45, 2.75) is 38.5 Å². The molecule has 0 spiro atoms. The number of methoxy groups -OCH3 is 1. The number of pyridine rings is 1. The van der Waals surface area contributed by atoms with Crippen LogP contribution in [0.3, 0.4) is 0 Å². The lowest BCUT2D eigenvalue weighted by Crippen LogP contribution is -2.22. The van der Waals surface area contributed by atoms with Gasteiger partial charge in [-0.3, -0.25) is 4.79 Å². The Kier molecular flexibility index (Phi) is 5.86. The Morgan fingerprint density at radius 2 is 2.07 bits per heavy atom. The van der Waals surface area contributed by atoms with Crippen LogP contribution in [0.4, 0.5) is 13.2 Å². The maximum Gasteiger partial charge on any atom is 0.433 e. The second kappa shape index (κ2) is 7.98. The number of hydrogen-bond acceptors (Lipinski definition) is 5. The first-order chi connectivity index (χ1) is 12.8. The van der Waals surface area contributed by atoms with Crippen LogP contribution in [0.25, 0.3) is 5.76 Å². The highest BCUT2D eigenvalue weighted by molar-refractivity contribution is 6.03. The number of rotatable bonds is 6. The number of ketones is 1. The number of hydrogen-bond donors (Lipinski definition) is 1. The summed E-state index contributed by atoms with van der Waals surface area (Å²) in [5.41, 5.74) is -0.695. The van der Waals surface area contributed by atoms with Crippen molar-refractivity contribution in [1.29, 1.82) is 0 Å².